The second-order valence-corrected chi connectivity index (χ2v) is 5.30. The number of hydrogen-bond acceptors (Lipinski definition) is 3. The van der Waals surface area contributed by atoms with E-state index in [9.17, 15) is 4.79 Å². The van der Waals surface area contributed by atoms with Gasteiger partial charge >= 0.3 is 5.97 Å². The highest BCUT2D eigenvalue weighted by Gasteiger charge is 2.40. The number of carbonyl (C=O) groups excluding carboxylic acids is 1. The second-order valence-electron chi connectivity index (χ2n) is 5.30. The summed E-state index contributed by atoms with van der Waals surface area (Å²) in [4.78, 5) is 11.7. The van der Waals surface area contributed by atoms with Crippen molar-refractivity contribution in [3.8, 4) is 0 Å². The largest absolute Gasteiger partial charge is 0.468 e. The van der Waals surface area contributed by atoms with Gasteiger partial charge in [0.05, 0.1) is 7.11 Å². The normalized spacial score (nSPS) is 24.7. The summed E-state index contributed by atoms with van der Waals surface area (Å²) in [6.07, 6.45) is 6.11. The van der Waals surface area contributed by atoms with Crippen molar-refractivity contribution in [3.05, 3.63) is 0 Å². The predicted molar refractivity (Wildman–Crippen MR) is 58.5 cm³/mol. The molecule has 3 nitrogen and oxygen atoms in total. The predicted octanol–water partition coefficient (Wildman–Crippen LogP) is 1.72. The number of rotatable bonds is 6. The van der Waals surface area contributed by atoms with E-state index in [1.165, 1.54) is 32.8 Å². The van der Waals surface area contributed by atoms with Crippen molar-refractivity contribution in [2.45, 2.75) is 44.6 Å². The van der Waals surface area contributed by atoms with Gasteiger partial charge in [-0.25, -0.2) is 0 Å². The molecule has 1 N–H and O–H groups in total. The molecular formula is C12H21NO2. The Labute approximate surface area is 91.6 Å². The van der Waals surface area contributed by atoms with Crippen molar-refractivity contribution in [3.63, 3.8) is 0 Å². The molecular weight excluding hydrogens is 190 g/mol. The maximum atomic E-state index is 11.7. The Morgan fingerprint density at radius 3 is 2.40 bits per heavy atom. The van der Waals surface area contributed by atoms with E-state index in [1.807, 2.05) is 6.92 Å². The van der Waals surface area contributed by atoms with E-state index in [2.05, 4.69) is 5.32 Å². The second kappa shape index (κ2) is 4.12. The molecule has 0 aromatic rings. The third kappa shape index (κ3) is 2.94. The van der Waals surface area contributed by atoms with E-state index in [-0.39, 0.29) is 5.97 Å². The van der Waals surface area contributed by atoms with Gasteiger partial charge in [0.2, 0.25) is 0 Å². The Balaban J connectivity index is 1.88. The topological polar surface area (TPSA) is 38.3 Å². The summed E-state index contributed by atoms with van der Waals surface area (Å²) in [6.45, 7) is 2.96. The minimum absolute atomic E-state index is 0.102. The van der Waals surface area contributed by atoms with Gasteiger partial charge in [-0.1, -0.05) is 12.8 Å². The lowest BCUT2D eigenvalue weighted by molar-refractivity contribution is -0.148. The van der Waals surface area contributed by atoms with Crippen LogP contribution in [0.4, 0.5) is 0 Å². The minimum Gasteiger partial charge on any atom is -0.468 e. The average molecular weight is 211 g/mol. The van der Waals surface area contributed by atoms with Crippen LogP contribution in [0.15, 0.2) is 0 Å². The van der Waals surface area contributed by atoms with E-state index in [4.69, 9.17) is 4.74 Å². The van der Waals surface area contributed by atoms with Crippen LogP contribution in [0.3, 0.4) is 0 Å². The van der Waals surface area contributed by atoms with Crippen molar-refractivity contribution < 1.29 is 9.53 Å². The maximum absolute atomic E-state index is 11.7. The van der Waals surface area contributed by atoms with Crippen LogP contribution >= 0.6 is 0 Å². The van der Waals surface area contributed by atoms with E-state index in [1.54, 1.807) is 0 Å². The Bertz CT molecular complexity index is 246. The summed E-state index contributed by atoms with van der Waals surface area (Å²) in [6, 6.07) is 0. The van der Waals surface area contributed by atoms with Crippen molar-refractivity contribution in [2.24, 2.45) is 11.8 Å². The SMILES string of the molecule is COC(=O)C(C)(CC1CC1)NCC1CC1. The number of methoxy groups -OCH3 is 1. The summed E-state index contributed by atoms with van der Waals surface area (Å²) >= 11 is 0. The first-order valence-electron chi connectivity index (χ1n) is 5.97. The van der Waals surface area contributed by atoms with Crippen molar-refractivity contribution in [2.75, 3.05) is 13.7 Å². The molecule has 2 saturated carbocycles. The monoisotopic (exact) mass is 211 g/mol. The maximum Gasteiger partial charge on any atom is 0.325 e. The van der Waals surface area contributed by atoms with Crippen LogP contribution in [0.2, 0.25) is 0 Å². The number of ether oxygens (including phenoxy) is 1. The molecule has 2 rings (SSSR count). The fourth-order valence-electron chi connectivity index (χ4n) is 2.04. The number of hydrogen-bond donors (Lipinski definition) is 1. The highest BCUT2D eigenvalue weighted by molar-refractivity contribution is 5.80. The Kier molecular flexibility index (Phi) is 3.01. The zero-order valence-corrected chi connectivity index (χ0v) is 9.71. The first-order valence-corrected chi connectivity index (χ1v) is 5.97. The molecule has 0 radical (unpaired) electrons. The van der Waals surface area contributed by atoms with Gasteiger partial charge in [-0.15, -0.1) is 0 Å². The first-order chi connectivity index (χ1) is 7.14. The van der Waals surface area contributed by atoms with Crippen LogP contribution in [0.1, 0.15) is 39.0 Å². The zero-order chi connectivity index (χ0) is 10.9. The fraction of sp³-hybridized carbons (Fsp3) is 0.917. The zero-order valence-electron chi connectivity index (χ0n) is 9.71. The molecule has 0 heterocycles. The molecule has 0 aliphatic heterocycles. The molecule has 2 aliphatic rings. The van der Waals surface area contributed by atoms with Crippen molar-refractivity contribution in [1.82, 2.24) is 5.32 Å². The molecule has 3 heteroatoms. The highest BCUT2D eigenvalue weighted by Crippen LogP contribution is 2.37. The lowest BCUT2D eigenvalue weighted by Gasteiger charge is -2.28. The summed E-state index contributed by atoms with van der Waals surface area (Å²) in [5, 5.41) is 3.41. The molecule has 0 spiro atoms. The van der Waals surface area contributed by atoms with E-state index in [0.717, 1.165) is 24.8 Å². The lowest BCUT2D eigenvalue weighted by Crippen LogP contribution is -2.51. The van der Waals surface area contributed by atoms with Crippen molar-refractivity contribution >= 4 is 5.97 Å². The lowest BCUT2D eigenvalue weighted by atomic mass is 9.94. The van der Waals surface area contributed by atoms with Crippen LogP contribution in [0.25, 0.3) is 0 Å². The number of carbonyl (C=O) groups is 1. The average Bonchev–Trinajstić information content (AvgIpc) is 3.07. The van der Waals surface area contributed by atoms with Gasteiger partial charge in [0, 0.05) is 0 Å². The highest BCUT2D eigenvalue weighted by atomic mass is 16.5. The smallest absolute Gasteiger partial charge is 0.325 e. The minimum atomic E-state index is -0.446. The molecule has 0 amide bonds. The van der Waals surface area contributed by atoms with E-state index < -0.39 is 5.54 Å². The van der Waals surface area contributed by atoms with Gasteiger partial charge in [-0.05, 0) is 44.6 Å². The molecule has 1 atom stereocenters. The Morgan fingerprint density at radius 1 is 1.33 bits per heavy atom. The fourth-order valence-corrected chi connectivity index (χ4v) is 2.04. The molecule has 86 valence electrons. The van der Waals surface area contributed by atoms with Gasteiger partial charge in [-0.2, -0.15) is 0 Å². The van der Waals surface area contributed by atoms with Crippen LogP contribution in [-0.2, 0) is 9.53 Å². The quantitative estimate of drug-likeness (QED) is 0.680. The summed E-state index contributed by atoms with van der Waals surface area (Å²) in [5.41, 5.74) is -0.446. The summed E-state index contributed by atoms with van der Waals surface area (Å²) in [7, 11) is 1.48. The van der Waals surface area contributed by atoms with E-state index in [0.29, 0.717) is 0 Å². The van der Waals surface area contributed by atoms with Gasteiger partial charge in [0.25, 0.3) is 0 Å². The first kappa shape index (κ1) is 10.9. The Hall–Kier alpha value is -0.570. The van der Waals surface area contributed by atoms with E-state index >= 15 is 0 Å². The van der Waals surface area contributed by atoms with Gasteiger partial charge in [0.1, 0.15) is 5.54 Å². The van der Waals surface area contributed by atoms with Gasteiger partial charge in [0.15, 0.2) is 0 Å². The van der Waals surface area contributed by atoms with Crippen LogP contribution in [0, 0.1) is 11.8 Å². The molecule has 1 unspecified atom stereocenters. The summed E-state index contributed by atoms with van der Waals surface area (Å²) < 4.78 is 4.90. The number of nitrogens with one attached hydrogen (secondary N) is 1. The molecule has 2 fully saturated rings. The van der Waals surface area contributed by atoms with Crippen molar-refractivity contribution in [1.29, 1.82) is 0 Å². The van der Waals surface area contributed by atoms with Crippen LogP contribution < -0.4 is 5.32 Å². The third-order valence-electron chi connectivity index (χ3n) is 3.51. The molecule has 0 aromatic heterocycles. The standard InChI is InChI=1S/C12H21NO2/c1-12(11(14)15-2,7-9-3-4-9)13-8-10-5-6-10/h9-10,13H,3-8H2,1-2H3. The molecule has 0 bridgehead atoms. The summed E-state index contributed by atoms with van der Waals surface area (Å²) in [5.74, 6) is 1.43. The third-order valence-corrected chi connectivity index (χ3v) is 3.51. The Morgan fingerprint density at radius 2 is 1.93 bits per heavy atom. The molecule has 0 saturated heterocycles. The van der Waals surface area contributed by atoms with Crippen LogP contribution in [-0.4, -0.2) is 25.2 Å². The molecule has 2 aliphatic carbocycles. The molecule has 15 heavy (non-hydrogen) atoms. The number of esters is 1. The van der Waals surface area contributed by atoms with Gasteiger partial charge < -0.3 is 10.1 Å². The molecule has 0 aromatic carbocycles. The van der Waals surface area contributed by atoms with Crippen LogP contribution in [0.5, 0.6) is 0 Å². The van der Waals surface area contributed by atoms with Gasteiger partial charge in [-0.3, -0.25) is 4.79 Å².